The number of carbonyl (C=O) groups excluding carboxylic acids is 2. The summed E-state index contributed by atoms with van der Waals surface area (Å²) in [5.41, 5.74) is 8.16. The number of rotatable bonds is 4. The Morgan fingerprint density at radius 2 is 2.16 bits per heavy atom. The molecular weight excluding hydrogens is 408 g/mol. The molecule has 0 spiro atoms. The molecular formula is C23H26N6O3. The van der Waals surface area contributed by atoms with Crippen LogP contribution in [0.25, 0.3) is 22.6 Å². The monoisotopic (exact) mass is 434 g/mol. The molecule has 32 heavy (non-hydrogen) atoms. The van der Waals surface area contributed by atoms with Crippen molar-refractivity contribution in [3.63, 3.8) is 0 Å². The van der Waals surface area contributed by atoms with Crippen molar-refractivity contribution in [3.05, 3.63) is 41.1 Å². The largest absolute Gasteiger partial charge is 0.442 e. The summed E-state index contributed by atoms with van der Waals surface area (Å²) in [7, 11) is 1.94. The van der Waals surface area contributed by atoms with Gasteiger partial charge in [-0.05, 0) is 49.9 Å². The number of benzene rings is 1. The van der Waals surface area contributed by atoms with Gasteiger partial charge in [0.05, 0.1) is 24.5 Å². The van der Waals surface area contributed by atoms with Gasteiger partial charge in [-0.3, -0.25) is 19.5 Å². The number of aromatic nitrogens is 4. The summed E-state index contributed by atoms with van der Waals surface area (Å²) >= 11 is 0. The van der Waals surface area contributed by atoms with Crippen LogP contribution in [0.3, 0.4) is 0 Å². The van der Waals surface area contributed by atoms with Gasteiger partial charge in [-0.1, -0.05) is 6.07 Å². The van der Waals surface area contributed by atoms with E-state index in [4.69, 9.17) is 4.74 Å². The molecule has 1 aliphatic carbocycles. The maximum Gasteiger partial charge on any atom is 0.414 e. The summed E-state index contributed by atoms with van der Waals surface area (Å²) in [4.78, 5) is 25.2. The predicted molar refractivity (Wildman–Crippen MR) is 119 cm³/mol. The quantitative estimate of drug-likeness (QED) is 0.657. The van der Waals surface area contributed by atoms with Crippen LogP contribution in [0.5, 0.6) is 0 Å². The lowest BCUT2D eigenvalue weighted by atomic mass is 10.0. The molecule has 1 unspecified atom stereocenters. The lowest BCUT2D eigenvalue weighted by Crippen LogP contribution is -2.33. The third-order valence-electron chi connectivity index (χ3n) is 6.22. The van der Waals surface area contributed by atoms with Crippen LogP contribution in [0, 0.1) is 6.92 Å². The third kappa shape index (κ3) is 3.53. The van der Waals surface area contributed by atoms with Gasteiger partial charge in [0, 0.05) is 36.5 Å². The Hall–Kier alpha value is -3.62. The van der Waals surface area contributed by atoms with E-state index in [9.17, 15) is 9.59 Å². The zero-order valence-electron chi connectivity index (χ0n) is 18.4. The zero-order valence-corrected chi connectivity index (χ0v) is 18.4. The fourth-order valence-corrected chi connectivity index (χ4v) is 4.46. The Balaban J connectivity index is 1.44. The number of H-pyrrole nitrogens is 1. The molecule has 0 radical (unpaired) electrons. The van der Waals surface area contributed by atoms with E-state index in [0.29, 0.717) is 13.1 Å². The number of anilines is 1. The van der Waals surface area contributed by atoms with Crippen molar-refractivity contribution >= 4 is 17.7 Å². The highest BCUT2D eigenvalue weighted by atomic mass is 16.6. The normalized spacial score (nSPS) is 17.5. The smallest absolute Gasteiger partial charge is 0.414 e. The second-order valence-corrected chi connectivity index (χ2v) is 8.47. The molecule has 0 bridgehead atoms. The fraction of sp³-hybridized carbons (Fsp3) is 0.391. The first-order valence-electron chi connectivity index (χ1n) is 10.8. The Labute approximate surface area is 185 Å². The van der Waals surface area contributed by atoms with Crippen LogP contribution in [-0.4, -0.2) is 51.2 Å². The molecule has 1 aromatic carbocycles. The summed E-state index contributed by atoms with van der Waals surface area (Å²) in [5, 5.41) is 15.2. The highest BCUT2D eigenvalue weighted by Crippen LogP contribution is 2.38. The molecule has 3 aromatic rings. The third-order valence-corrected chi connectivity index (χ3v) is 6.22. The molecule has 2 amide bonds. The number of cyclic esters (lactones) is 1. The average Bonchev–Trinajstić information content (AvgIpc) is 3.40. The first-order valence-corrected chi connectivity index (χ1v) is 10.8. The fourth-order valence-electron chi connectivity index (χ4n) is 4.46. The van der Waals surface area contributed by atoms with Gasteiger partial charge in [0.2, 0.25) is 5.91 Å². The standard InChI is InChI=1S/C23H26N6O3/c1-13-9-20(27-28(13)3)22-19-6-4-5-15-10-16(7-8-18(15)21(19)25-26-22)29-12-17(32-23(29)31)11-24-14(2)30/h7-10,17H,4-6,11-12H2,1-3H3,(H,24,30)(H,25,26). The molecule has 1 fully saturated rings. The molecule has 9 nitrogen and oxygen atoms in total. The van der Waals surface area contributed by atoms with E-state index >= 15 is 0 Å². The molecule has 2 aromatic heterocycles. The van der Waals surface area contributed by atoms with E-state index in [2.05, 4.69) is 32.7 Å². The maximum atomic E-state index is 12.4. The van der Waals surface area contributed by atoms with E-state index in [1.165, 1.54) is 12.5 Å². The summed E-state index contributed by atoms with van der Waals surface area (Å²) in [6, 6.07) is 8.11. The van der Waals surface area contributed by atoms with E-state index in [0.717, 1.165) is 58.9 Å². The number of fused-ring (bicyclic) bond motifs is 3. The van der Waals surface area contributed by atoms with Gasteiger partial charge < -0.3 is 10.1 Å². The van der Waals surface area contributed by atoms with E-state index in [1.54, 1.807) is 4.90 Å². The maximum absolute atomic E-state index is 12.4. The molecule has 2 N–H and O–H groups in total. The molecule has 3 heterocycles. The second kappa shape index (κ2) is 7.81. The number of carbonyl (C=O) groups is 2. The highest BCUT2D eigenvalue weighted by molar-refractivity contribution is 5.91. The second-order valence-electron chi connectivity index (χ2n) is 8.47. The summed E-state index contributed by atoms with van der Waals surface area (Å²) in [6.07, 6.45) is 2.05. The SMILES string of the molecule is CC(=O)NCC1CN(c2ccc3c(c2)CCCc2c-3n[nH]c2-c2cc(C)n(C)n2)C(=O)O1. The molecule has 166 valence electrons. The van der Waals surface area contributed by atoms with Gasteiger partial charge in [0.15, 0.2) is 0 Å². The van der Waals surface area contributed by atoms with Crippen molar-refractivity contribution in [2.75, 3.05) is 18.0 Å². The predicted octanol–water partition coefficient (Wildman–Crippen LogP) is 2.74. The van der Waals surface area contributed by atoms with Crippen molar-refractivity contribution in [2.45, 2.75) is 39.2 Å². The van der Waals surface area contributed by atoms with Gasteiger partial charge in [-0.25, -0.2) is 4.79 Å². The summed E-state index contributed by atoms with van der Waals surface area (Å²) in [5.74, 6) is -0.139. The van der Waals surface area contributed by atoms with Gasteiger partial charge >= 0.3 is 6.09 Å². The van der Waals surface area contributed by atoms with Crippen LogP contribution in [0.15, 0.2) is 24.3 Å². The van der Waals surface area contributed by atoms with Gasteiger partial charge in [-0.15, -0.1) is 0 Å². The van der Waals surface area contributed by atoms with Crippen molar-refractivity contribution in [3.8, 4) is 22.6 Å². The molecule has 2 aliphatic rings. The van der Waals surface area contributed by atoms with Gasteiger partial charge in [0.25, 0.3) is 0 Å². The van der Waals surface area contributed by atoms with Gasteiger partial charge in [-0.2, -0.15) is 10.2 Å². The minimum atomic E-state index is -0.387. The van der Waals surface area contributed by atoms with E-state index < -0.39 is 0 Å². The highest BCUT2D eigenvalue weighted by Gasteiger charge is 2.33. The zero-order chi connectivity index (χ0) is 22.4. The van der Waals surface area contributed by atoms with Crippen LogP contribution >= 0.6 is 0 Å². The molecule has 0 saturated carbocycles. The van der Waals surface area contributed by atoms with Crippen LogP contribution < -0.4 is 10.2 Å². The Bertz CT molecular complexity index is 1190. The van der Waals surface area contributed by atoms with Crippen LogP contribution in [0.1, 0.15) is 30.2 Å². The first kappa shape index (κ1) is 20.3. The van der Waals surface area contributed by atoms with Crippen LogP contribution in [-0.2, 0) is 29.4 Å². The number of ether oxygens (including phenoxy) is 1. The summed E-state index contributed by atoms with van der Waals surface area (Å²) < 4.78 is 7.28. The topological polar surface area (TPSA) is 105 Å². The Kier molecular flexibility index (Phi) is 4.96. The van der Waals surface area contributed by atoms with Crippen LogP contribution in [0.2, 0.25) is 0 Å². The Morgan fingerprint density at radius 3 is 2.91 bits per heavy atom. The number of hydrogen-bond donors (Lipinski definition) is 2. The van der Waals surface area contributed by atoms with Gasteiger partial charge in [0.1, 0.15) is 11.8 Å². The minimum Gasteiger partial charge on any atom is -0.442 e. The molecule has 9 heteroatoms. The number of aryl methyl sites for hydroxylation is 3. The average molecular weight is 435 g/mol. The first-order chi connectivity index (χ1) is 15.4. The number of nitrogens with zero attached hydrogens (tertiary/aromatic N) is 4. The summed E-state index contributed by atoms with van der Waals surface area (Å²) in [6.45, 7) is 4.21. The number of hydrogen-bond acceptors (Lipinski definition) is 5. The molecule has 1 atom stereocenters. The van der Waals surface area contributed by atoms with Crippen molar-refractivity contribution in [1.29, 1.82) is 0 Å². The van der Waals surface area contributed by atoms with Crippen molar-refractivity contribution in [2.24, 2.45) is 7.05 Å². The van der Waals surface area contributed by atoms with Crippen molar-refractivity contribution in [1.82, 2.24) is 25.3 Å². The molecule has 5 rings (SSSR count). The van der Waals surface area contributed by atoms with E-state index in [1.807, 2.05) is 30.8 Å². The van der Waals surface area contributed by atoms with Crippen LogP contribution in [0.4, 0.5) is 10.5 Å². The van der Waals surface area contributed by atoms with Crippen molar-refractivity contribution < 1.29 is 14.3 Å². The molecule has 1 saturated heterocycles. The number of aromatic amines is 1. The number of nitrogens with one attached hydrogen (secondary N) is 2. The Morgan fingerprint density at radius 1 is 1.31 bits per heavy atom. The van der Waals surface area contributed by atoms with E-state index in [-0.39, 0.29) is 18.1 Å². The number of amides is 2. The lowest BCUT2D eigenvalue weighted by Gasteiger charge is -2.16. The molecule has 1 aliphatic heterocycles. The lowest BCUT2D eigenvalue weighted by molar-refractivity contribution is -0.119. The minimum absolute atomic E-state index is 0.139.